The molecule has 28 heavy (non-hydrogen) atoms. The molecule has 0 bridgehead atoms. The van der Waals surface area contributed by atoms with Gasteiger partial charge in [-0.25, -0.2) is 4.79 Å². The average Bonchev–Trinajstić information content (AvgIpc) is 3.19. The van der Waals surface area contributed by atoms with Crippen LogP contribution >= 0.6 is 0 Å². The van der Waals surface area contributed by atoms with Crippen molar-refractivity contribution in [3.63, 3.8) is 0 Å². The molecular weight excluding hydrogens is 366 g/mol. The molecule has 0 aliphatic rings. The van der Waals surface area contributed by atoms with Crippen LogP contribution < -0.4 is 4.74 Å². The Kier molecular flexibility index (Phi) is 5.64. The first-order valence-corrected chi connectivity index (χ1v) is 8.50. The SMILES string of the molecule is CCOc1ccc(C(=O)O[C@H](C)c2nnc(-c3ccc([N+](=O)[O-])cc3)o2)cc1. The molecule has 0 aliphatic heterocycles. The van der Waals surface area contributed by atoms with Crippen molar-refractivity contribution in [2.45, 2.75) is 20.0 Å². The molecular formula is C19H17N3O6. The maximum atomic E-state index is 12.3. The van der Waals surface area contributed by atoms with Crippen molar-refractivity contribution in [3.8, 4) is 17.2 Å². The minimum absolute atomic E-state index is 0.0406. The predicted octanol–water partition coefficient (Wildman–Crippen LogP) is 3.96. The standard InChI is InChI=1S/C19H17N3O6/c1-3-26-16-10-6-14(7-11-16)19(23)27-12(2)17-20-21-18(28-17)13-4-8-15(9-5-13)22(24)25/h4-12H,3H2,1-2H3/t12-/m1/s1. The molecule has 0 N–H and O–H groups in total. The van der Waals surface area contributed by atoms with Crippen molar-refractivity contribution >= 4 is 11.7 Å². The Morgan fingerprint density at radius 3 is 2.43 bits per heavy atom. The van der Waals surface area contributed by atoms with E-state index in [1.54, 1.807) is 31.2 Å². The summed E-state index contributed by atoms with van der Waals surface area (Å²) in [6.45, 7) is 4.02. The number of hydrogen-bond acceptors (Lipinski definition) is 8. The first-order valence-electron chi connectivity index (χ1n) is 8.50. The van der Waals surface area contributed by atoms with Crippen molar-refractivity contribution in [3.05, 3.63) is 70.1 Å². The van der Waals surface area contributed by atoms with Crippen molar-refractivity contribution in [1.82, 2.24) is 10.2 Å². The highest BCUT2D eigenvalue weighted by Gasteiger charge is 2.20. The third-order valence-electron chi connectivity index (χ3n) is 3.80. The molecule has 0 fully saturated rings. The Morgan fingerprint density at radius 2 is 1.82 bits per heavy atom. The number of ether oxygens (including phenoxy) is 2. The quantitative estimate of drug-likeness (QED) is 0.342. The summed E-state index contributed by atoms with van der Waals surface area (Å²) in [5.41, 5.74) is 0.848. The van der Waals surface area contributed by atoms with Gasteiger partial charge in [0.15, 0.2) is 6.10 Å². The average molecular weight is 383 g/mol. The molecule has 1 atom stereocenters. The topological polar surface area (TPSA) is 118 Å². The van der Waals surface area contributed by atoms with Gasteiger partial charge in [-0.05, 0) is 50.2 Å². The fourth-order valence-corrected chi connectivity index (χ4v) is 2.37. The largest absolute Gasteiger partial charge is 0.494 e. The van der Waals surface area contributed by atoms with Crippen LogP contribution in [0.15, 0.2) is 52.9 Å². The molecule has 0 saturated carbocycles. The molecule has 0 radical (unpaired) electrons. The monoisotopic (exact) mass is 383 g/mol. The zero-order valence-electron chi connectivity index (χ0n) is 15.2. The van der Waals surface area contributed by atoms with Gasteiger partial charge in [-0.2, -0.15) is 0 Å². The van der Waals surface area contributed by atoms with E-state index in [2.05, 4.69) is 10.2 Å². The van der Waals surface area contributed by atoms with E-state index in [0.29, 0.717) is 23.5 Å². The molecule has 1 heterocycles. The zero-order chi connectivity index (χ0) is 20.1. The molecule has 144 valence electrons. The third kappa shape index (κ3) is 4.32. The number of nitro groups is 1. The lowest BCUT2D eigenvalue weighted by molar-refractivity contribution is -0.384. The third-order valence-corrected chi connectivity index (χ3v) is 3.80. The van der Waals surface area contributed by atoms with E-state index >= 15 is 0 Å². The summed E-state index contributed by atoms with van der Waals surface area (Å²) in [6.07, 6.45) is -0.765. The van der Waals surface area contributed by atoms with Crippen LogP contribution in [-0.2, 0) is 4.74 Å². The second-order valence-corrected chi connectivity index (χ2v) is 5.75. The second-order valence-electron chi connectivity index (χ2n) is 5.75. The smallest absolute Gasteiger partial charge is 0.338 e. The summed E-state index contributed by atoms with van der Waals surface area (Å²) in [6, 6.07) is 12.3. The van der Waals surface area contributed by atoms with Crippen LogP contribution in [0, 0.1) is 10.1 Å². The lowest BCUT2D eigenvalue weighted by Gasteiger charge is -2.10. The van der Waals surface area contributed by atoms with E-state index in [-0.39, 0.29) is 17.5 Å². The number of aromatic nitrogens is 2. The molecule has 0 unspecified atom stereocenters. The molecule has 3 rings (SSSR count). The first kappa shape index (κ1) is 19.0. The fraction of sp³-hybridized carbons (Fsp3) is 0.211. The van der Waals surface area contributed by atoms with Gasteiger partial charge in [-0.3, -0.25) is 10.1 Å². The molecule has 0 saturated heterocycles. The van der Waals surface area contributed by atoms with Gasteiger partial charge < -0.3 is 13.9 Å². The number of nitrogens with zero attached hydrogens (tertiary/aromatic N) is 3. The van der Waals surface area contributed by atoms with Gasteiger partial charge in [-0.15, -0.1) is 10.2 Å². The Balaban J connectivity index is 1.67. The number of carbonyl (C=O) groups is 1. The first-order chi connectivity index (χ1) is 13.5. The Hall–Kier alpha value is -3.75. The summed E-state index contributed by atoms with van der Waals surface area (Å²) in [4.78, 5) is 22.5. The Bertz CT molecular complexity index is 966. The van der Waals surface area contributed by atoms with Crippen molar-refractivity contribution < 1.29 is 23.6 Å². The number of carbonyl (C=O) groups excluding carboxylic acids is 1. The minimum atomic E-state index is -0.765. The van der Waals surface area contributed by atoms with Crippen LogP contribution in [-0.4, -0.2) is 27.7 Å². The van der Waals surface area contributed by atoms with Crippen LogP contribution in [0.1, 0.15) is 36.2 Å². The molecule has 0 spiro atoms. The summed E-state index contributed by atoms with van der Waals surface area (Å²) in [7, 11) is 0. The Labute approximate surface area is 160 Å². The predicted molar refractivity (Wildman–Crippen MR) is 97.8 cm³/mol. The number of non-ortho nitro benzene ring substituents is 1. The van der Waals surface area contributed by atoms with Gasteiger partial charge in [0.25, 0.3) is 11.6 Å². The Morgan fingerprint density at radius 1 is 1.14 bits per heavy atom. The van der Waals surface area contributed by atoms with E-state index in [1.165, 1.54) is 24.3 Å². The maximum Gasteiger partial charge on any atom is 0.338 e. The van der Waals surface area contributed by atoms with Crippen LogP contribution in [0.25, 0.3) is 11.5 Å². The summed E-state index contributed by atoms with van der Waals surface area (Å²) < 4.78 is 16.2. The normalized spacial score (nSPS) is 11.6. The van der Waals surface area contributed by atoms with Crippen LogP contribution in [0.2, 0.25) is 0 Å². The summed E-state index contributed by atoms with van der Waals surface area (Å²) >= 11 is 0. The minimum Gasteiger partial charge on any atom is -0.494 e. The van der Waals surface area contributed by atoms with Crippen molar-refractivity contribution in [1.29, 1.82) is 0 Å². The number of esters is 1. The number of benzene rings is 2. The van der Waals surface area contributed by atoms with Gasteiger partial charge in [0.05, 0.1) is 17.1 Å². The highest BCUT2D eigenvalue weighted by molar-refractivity contribution is 5.89. The second kappa shape index (κ2) is 8.30. The van der Waals surface area contributed by atoms with E-state index in [1.807, 2.05) is 6.92 Å². The van der Waals surface area contributed by atoms with E-state index in [4.69, 9.17) is 13.9 Å². The maximum absolute atomic E-state index is 12.3. The van der Waals surface area contributed by atoms with Gasteiger partial charge >= 0.3 is 5.97 Å². The summed E-state index contributed by atoms with van der Waals surface area (Å²) in [5, 5.41) is 18.5. The van der Waals surface area contributed by atoms with Crippen LogP contribution in [0.4, 0.5) is 5.69 Å². The van der Waals surface area contributed by atoms with E-state index < -0.39 is 17.0 Å². The number of hydrogen-bond donors (Lipinski definition) is 0. The molecule has 1 aromatic heterocycles. The molecule has 9 heteroatoms. The zero-order valence-corrected chi connectivity index (χ0v) is 15.2. The molecule has 9 nitrogen and oxygen atoms in total. The molecule has 0 aliphatic carbocycles. The van der Waals surface area contributed by atoms with E-state index in [0.717, 1.165) is 0 Å². The number of nitro benzene ring substituents is 1. The fourth-order valence-electron chi connectivity index (χ4n) is 2.37. The van der Waals surface area contributed by atoms with Crippen molar-refractivity contribution in [2.24, 2.45) is 0 Å². The molecule has 3 aromatic rings. The lowest BCUT2D eigenvalue weighted by atomic mass is 10.2. The highest BCUT2D eigenvalue weighted by atomic mass is 16.6. The van der Waals surface area contributed by atoms with Gasteiger partial charge in [0, 0.05) is 17.7 Å². The molecule has 2 aromatic carbocycles. The van der Waals surface area contributed by atoms with Crippen LogP contribution in [0.3, 0.4) is 0 Å². The van der Waals surface area contributed by atoms with Crippen LogP contribution in [0.5, 0.6) is 5.75 Å². The van der Waals surface area contributed by atoms with Gasteiger partial charge in [0.2, 0.25) is 5.89 Å². The van der Waals surface area contributed by atoms with E-state index in [9.17, 15) is 14.9 Å². The summed E-state index contributed by atoms with van der Waals surface area (Å²) in [5.74, 6) is 0.420. The number of rotatable bonds is 7. The van der Waals surface area contributed by atoms with Gasteiger partial charge in [0.1, 0.15) is 5.75 Å². The van der Waals surface area contributed by atoms with Gasteiger partial charge in [-0.1, -0.05) is 0 Å². The highest BCUT2D eigenvalue weighted by Crippen LogP contribution is 2.25. The van der Waals surface area contributed by atoms with Crippen molar-refractivity contribution in [2.75, 3.05) is 6.61 Å². The lowest BCUT2D eigenvalue weighted by Crippen LogP contribution is -2.09. The molecule has 0 amide bonds.